The van der Waals surface area contributed by atoms with Gasteiger partial charge in [-0.15, -0.1) is 22.7 Å². The maximum Gasteiger partial charge on any atom is 0.0640 e. The van der Waals surface area contributed by atoms with Gasteiger partial charge < -0.3 is 18.3 Å². The van der Waals surface area contributed by atoms with E-state index in [4.69, 9.17) is 0 Å². The molecule has 0 saturated heterocycles. The van der Waals surface area contributed by atoms with Crippen LogP contribution in [0, 0.1) is 0 Å². The fourth-order valence-electron chi connectivity index (χ4n) is 13.4. The van der Waals surface area contributed by atoms with Crippen molar-refractivity contribution in [3.05, 3.63) is 255 Å². The SMILES string of the molecule is c1cc(-n2c3ccccc3c3ccccc32)c2sc3c(-n4c5ccccc5c5ccc(-c6ccc7c(c6)c6ccccc6n7-c6ccc7sc8ccc(-n9c%10ccccc%10c%10ccccc%109)cc8c7c6)cc54)cccc3c2c1. The highest BCUT2D eigenvalue weighted by atomic mass is 32.1. The first-order chi connectivity index (χ1) is 38.7. The van der Waals surface area contributed by atoms with Gasteiger partial charge in [0.2, 0.25) is 0 Å². The van der Waals surface area contributed by atoms with Gasteiger partial charge in [0.05, 0.1) is 64.9 Å². The number of rotatable bonds is 5. The monoisotopic (exact) mass is 1030 g/mol. The number of para-hydroxylation sites is 6. The molecule has 0 fully saturated rings. The van der Waals surface area contributed by atoms with Crippen LogP contribution >= 0.6 is 22.7 Å². The number of hydrogen-bond acceptors (Lipinski definition) is 2. The van der Waals surface area contributed by atoms with Crippen molar-refractivity contribution >= 4 is 150 Å². The number of benzene rings is 12. The first-order valence-electron chi connectivity index (χ1n) is 26.7. The largest absolute Gasteiger partial charge is 0.309 e. The van der Waals surface area contributed by atoms with E-state index >= 15 is 0 Å². The predicted molar refractivity (Wildman–Crippen MR) is 335 cm³/mol. The molecule has 6 heterocycles. The molecular weight excluding hydrogens is 985 g/mol. The normalized spacial score (nSPS) is 12.4. The Balaban J connectivity index is 0.789. The topological polar surface area (TPSA) is 19.7 Å². The number of nitrogens with zero attached hydrogens (tertiary/aromatic N) is 4. The number of fused-ring (bicyclic) bond motifs is 18. The molecule has 6 aromatic heterocycles. The minimum atomic E-state index is 1.16. The molecule has 0 radical (unpaired) electrons. The molecule has 78 heavy (non-hydrogen) atoms. The van der Waals surface area contributed by atoms with Crippen LogP contribution in [0.3, 0.4) is 0 Å². The minimum Gasteiger partial charge on any atom is -0.309 e. The lowest BCUT2D eigenvalue weighted by atomic mass is 10.0. The molecule has 0 atom stereocenters. The Labute approximate surface area is 454 Å². The highest BCUT2D eigenvalue weighted by Crippen LogP contribution is 2.46. The molecule has 18 rings (SSSR count). The molecule has 0 bridgehead atoms. The van der Waals surface area contributed by atoms with Gasteiger partial charge in [-0.25, -0.2) is 0 Å². The second kappa shape index (κ2) is 15.9. The molecule has 0 aliphatic rings. The fourth-order valence-corrected chi connectivity index (χ4v) is 15.8. The van der Waals surface area contributed by atoms with Crippen LogP contribution in [-0.4, -0.2) is 18.3 Å². The molecule has 0 amide bonds. The van der Waals surface area contributed by atoms with E-state index in [9.17, 15) is 0 Å². The van der Waals surface area contributed by atoms with Crippen LogP contribution in [0.25, 0.3) is 161 Å². The Morgan fingerprint density at radius 3 is 1.04 bits per heavy atom. The van der Waals surface area contributed by atoms with E-state index in [-0.39, 0.29) is 0 Å². The highest BCUT2D eigenvalue weighted by molar-refractivity contribution is 7.26. The van der Waals surface area contributed by atoms with Gasteiger partial charge >= 0.3 is 0 Å². The van der Waals surface area contributed by atoms with E-state index in [1.54, 1.807) is 0 Å². The Morgan fingerprint density at radius 2 is 0.564 bits per heavy atom. The summed E-state index contributed by atoms with van der Waals surface area (Å²) >= 11 is 3.78. The summed E-state index contributed by atoms with van der Waals surface area (Å²) in [6.07, 6.45) is 0. The summed E-state index contributed by atoms with van der Waals surface area (Å²) in [4.78, 5) is 0. The summed E-state index contributed by atoms with van der Waals surface area (Å²) in [5.74, 6) is 0. The van der Waals surface area contributed by atoms with Crippen molar-refractivity contribution in [1.82, 2.24) is 18.3 Å². The summed E-state index contributed by atoms with van der Waals surface area (Å²) in [7, 11) is 0. The van der Waals surface area contributed by atoms with Crippen molar-refractivity contribution in [2.45, 2.75) is 0 Å². The van der Waals surface area contributed by atoms with Crippen molar-refractivity contribution < 1.29 is 0 Å². The number of aromatic nitrogens is 4. The third kappa shape index (κ3) is 5.82. The maximum atomic E-state index is 2.52. The lowest BCUT2D eigenvalue weighted by Gasteiger charge is -2.11. The van der Waals surface area contributed by atoms with Gasteiger partial charge in [0.1, 0.15) is 0 Å². The Kier molecular flexibility index (Phi) is 8.67. The van der Waals surface area contributed by atoms with Crippen LogP contribution in [-0.2, 0) is 0 Å². The van der Waals surface area contributed by atoms with E-state index in [1.807, 2.05) is 22.7 Å². The van der Waals surface area contributed by atoms with Crippen molar-refractivity contribution in [3.8, 4) is 33.9 Å². The average Bonchev–Trinajstić information content (AvgIpc) is 4.43. The summed E-state index contributed by atoms with van der Waals surface area (Å²) in [6, 6.07) is 94.9. The van der Waals surface area contributed by atoms with Crippen molar-refractivity contribution in [3.63, 3.8) is 0 Å². The lowest BCUT2D eigenvalue weighted by Crippen LogP contribution is -1.94. The minimum absolute atomic E-state index is 1.16. The van der Waals surface area contributed by atoms with Crippen LogP contribution in [0.2, 0.25) is 0 Å². The first kappa shape index (κ1) is 42.5. The lowest BCUT2D eigenvalue weighted by molar-refractivity contribution is 1.18. The summed E-state index contributed by atoms with van der Waals surface area (Å²) in [5, 5.41) is 15.2. The van der Waals surface area contributed by atoms with Crippen molar-refractivity contribution in [2.75, 3.05) is 0 Å². The molecule has 0 aliphatic carbocycles. The van der Waals surface area contributed by atoms with E-state index in [0.29, 0.717) is 0 Å². The molecule has 0 spiro atoms. The van der Waals surface area contributed by atoms with E-state index in [1.165, 1.54) is 156 Å². The first-order valence-corrected chi connectivity index (χ1v) is 28.3. The number of hydrogen-bond donors (Lipinski definition) is 0. The summed E-state index contributed by atoms with van der Waals surface area (Å²) < 4.78 is 15.0. The fraction of sp³-hybridized carbons (Fsp3) is 0. The highest BCUT2D eigenvalue weighted by Gasteiger charge is 2.22. The van der Waals surface area contributed by atoms with Crippen LogP contribution < -0.4 is 0 Å². The Hall–Kier alpha value is -9.72. The molecule has 6 heteroatoms. The standard InChI is InChI=1S/C72H42N4S2/c1-7-23-59-47(15-1)48-16-2-8-24-60(48)73(59)45-33-37-69-57(41-45)58-42-46(34-38-70(58)77-69)74-61-25-9-6-20-52(61)56-39-43(32-36-65(56)74)44-31-35-53-51-19-5-12-28-64(51)76(68(53)40-44)67-30-14-22-55-54-21-13-29-66(71(54)78-72(55)67)75-62-26-10-3-17-49(62)50-18-4-11-27-63(50)75/h1-42H. The van der Waals surface area contributed by atoms with E-state index in [0.717, 1.165) is 5.69 Å². The molecule has 12 aromatic carbocycles. The summed E-state index contributed by atoms with van der Waals surface area (Å²) in [6.45, 7) is 0. The zero-order valence-corrected chi connectivity index (χ0v) is 43.5. The van der Waals surface area contributed by atoms with Gasteiger partial charge in [0.25, 0.3) is 0 Å². The maximum absolute atomic E-state index is 2.52. The molecule has 4 nitrogen and oxygen atoms in total. The van der Waals surface area contributed by atoms with Gasteiger partial charge in [0.15, 0.2) is 0 Å². The quantitative estimate of drug-likeness (QED) is 0.164. The Bertz CT molecular complexity index is 5490. The third-order valence-electron chi connectivity index (χ3n) is 16.8. The third-order valence-corrected chi connectivity index (χ3v) is 19.2. The molecule has 0 saturated carbocycles. The van der Waals surface area contributed by atoms with Gasteiger partial charge in [-0.3, -0.25) is 0 Å². The van der Waals surface area contributed by atoms with Crippen LogP contribution in [0.15, 0.2) is 255 Å². The predicted octanol–water partition coefficient (Wildman–Crippen LogP) is 20.5. The molecule has 0 unspecified atom stereocenters. The number of thiophene rings is 2. The zero-order chi connectivity index (χ0) is 50.7. The molecule has 0 N–H and O–H groups in total. The molecule has 362 valence electrons. The van der Waals surface area contributed by atoms with Gasteiger partial charge in [-0.1, -0.05) is 152 Å². The van der Waals surface area contributed by atoms with Crippen molar-refractivity contribution in [1.29, 1.82) is 0 Å². The zero-order valence-electron chi connectivity index (χ0n) is 41.9. The molecular formula is C72H42N4S2. The smallest absolute Gasteiger partial charge is 0.0640 e. The van der Waals surface area contributed by atoms with Gasteiger partial charge in [0, 0.05) is 85.4 Å². The average molecular weight is 1030 g/mol. The molecule has 18 aromatic rings. The summed E-state index contributed by atoms with van der Waals surface area (Å²) in [5.41, 5.74) is 16.8. The van der Waals surface area contributed by atoms with E-state index in [2.05, 4.69) is 273 Å². The second-order valence-electron chi connectivity index (χ2n) is 20.8. The van der Waals surface area contributed by atoms with Gasteiger partial charge in [-0.05, 0) is 114 Å². The molecule has 0 aliphatic heterocycles. The van der Waals surface area contributed by atoms with Crippen LogP contribution in [0.1, 0.15) is 0 Å². The van der Waals surface area contributed by atoms with Gasteiger partial charge in [-0.2, -0.15) is 0 Å². The second-order valence-corrected chi connectivity index (χ2v) is 22.9. The van der Waals surface area contributed by atoms with Crippen molar-refractivity contribution in [2.24, 2.45) is 0 Å². The van der Waals surface area contributed by atoms with E-state index < -0.39 is 0 Å². The Morgan fingerprint density at radius 1 is 0.205 bits per heavy atom. The van der Waals surface area contributed by atoms with Crippen LogP contribution in [0.5, 0.6) is 0 Å². The van der Waals surface area contributed by atoms with Crippen LogP contribution in [0.4, 0.5) is 0 Å².